The number of hydrogen-bond donors (Lipinski definition) is 0. The molecule has 25 heavy (non-hydrogen) atoms. The number of carbonyl (C=O) groups is 1. The largest absolute Gasteiger partial charge is 0.326 e. The second-order valence-electron chi connectivity index (χ2n) is 8.04. The Bertz CT molecular complexity index is 538. The molecule has 1 amide bonds. The molecule has 0 spiro atoms. The Labute approximate surface area is 153 Å². The standard InChI is InChI=1S/C22H34N2O/c1-18(23(2)22(25)20-13-7-4-8-14-20)24-16-10-9-15-21(24)17-19-11-5-3-6-12-19/h4,7-8,13-14,18-19,21H,3,5-6,9-12,15-17H2,1-2H3. The molecule has 2 atom stereocenters. The van der Waals surface area contributed by atoms with Gasteiger partial charge in [0.15, 0.2) is 0 Å². The molecule has 2 aliphatic rings. The third kappa shape index (κ3) is 4.63. The first-order chi connectivity index (χ1) is 12.2. The number of likely N-dealkylation sites (tertiary alicyclic amines) is 1. The van der Waals surface area contributed by atoms with Gasteiger partial charge < -0.3 is 4.90 Å². The third-order valence-corrected chi connectivity index (χ3v) is 6.38. The van der Waals surface area contributed by atoms with E-state index < -0.39 is 0 Å². The first-order valence-electron chi connectivity index (χ1n) is 10.2. The molecule has 0 aromatic heterocycles. The normalized spacial score (nSPS) is 24.0. The van der Waals surface area contributed by atoms with Crippen LogP contribution >= 0.6 is 0 Å². The molecule has 2 unspecified atom stereocenters. The van der Waals surface area contributed by atoms with Crippen LogP contribution in [0.15, 0.2) is 30.3 Å². The van der Waals surface area contributed by atoms with E-state index in [1.54, 1.807) is 0 Å². The van der Waals surface area contributed by atoms with Gasteiger partial charge in [0.05, 0.1) is 6.17 Å². The number of hydrogen-bond acceptors (Lipinski definition) is 2. The van der Waals surface area contributed by atoms with Gasteiger partial charge in [-0.2, -0.15) is 0 Å². The fraction of sp³-hybridized carbons (Fsp3) is 0.682. The van der Waals surface area contributed by atoms with E-state index in [1.165, 1.54) is 57.8 Å². The van der Waals surface area contributed by atoms with Crippen LogP contribution in [0.2, 0.25) is 0 Å². The Hall–Kier alpha value is -1.35. The second-order valence-corrected chi connectivity index (χ2v) is 8.04. The number of nitrogens with zero attached hydrogens (tertiary/aromatic N) is 2. The van der Waals surface area contributed by atoms with E-state index in [-0.39, 0.29) is 12.1 Å². The highest BCUT2D eigenvalue weighted by molar-refractivity contribution is 5.94. The van der Waals surface area contributed by atoms with Gasteiger partial charge in [0.1, 0.15) is 0 Å². The minimum Gasteiger partial charge on any atom is -0.326 e. The zero-order valence-corrected chi connectivity index (χ0v) is 16.0. The highest BCUT2D eigenvalue weighted by atomic mass is 16.2. The van der Waals surface area contributed by atoms with Crippen molar-refractivity contribution < 1.29 is 4.79 Å². The summed E-state index contributed by atoms with van der Waals surface area (Å²) >= 11 is 0. The van der Waals surface area contributed by atoms with Gasteiger partial charge in [0.25, 0.3) is 5.91 Å². The molecule has 1 aromatic rings. The van der Waals surface area contributed by atoms with Gasteiger partial charge in [-0.15, -0.1) is 0 Å². The van der Waals surface area contributed by atoms with Gasteiger partial charge in [-0.05, 0) is 44.2 Å². The molecule has 3 nitrogen and oxygen atoms in total. The lowest BCUT2D eigenvalue weighted by Gasteiger charge is -2.44. The molecule has 0 N–H and O–H groups in total. The van der Waals surface area contributed by atoms with Crippen LogP contribution in [-0.2, 0) is 0 Å². The maximum Gasteiger partial charge on any atom is 0.254 e. The van der Waals surface area contributed by atoms with E-state index in [2.05, 4.69) is 11.8 Å². The Morgan fingerprint density at radius 2 is 1.76 bits per heavy atom. The van der Waals surface area contributed by atoms with Gasteiger partial charge in [-0.25, -0.2) is 0 Å². The quantitative estimate of drug-likeness (QED) is 0.757. The topological polar surface area (TPSA) is 23.6 Å². The highest BCUT2D eigenvalue weighted by Gasteiger charge is 2.32. The van der Waals surface area contributed by atoms with Crippen LogP contribution in [0.1, 0.15) is 75.1 Å². The molecule has 138 valence electrons. The van der Waals surface area contributed by atoms with Crippen LogP contribution in [0.3, 0.4) is 0 Å². The lowest BCUT2D eigenvalue weighted by Crippen LogP contribution is -2.53. The molecule has 1 aliphatic heterocycles. The number of carbonyl (C=O) groups excluding carboxylic acids is 1. The number of amides is 1. The summed E-state index contributed by atoms with van der Waals surface area (Å²) in [5.41, 5.74) is 0.790. The fourth-order valence-corrected chi connectivity index (χ4v) is 4.75. The Morgan fingerprint density at radius 1 is 1.08 bits per heavy atom. The Kier molecular flexibility index (Phi) is 6.52. The molecule has 0 bridgehead atoms. The van der Waals surface area contributed by atoms with E-state index in [0.29, 0.717) is 6.04 Å². The highest BCUT2D eigenvalue weighted by Crippen LogP contribution is 2.32. The van der Waals surface area contributed by atoms with E-state index in [1.807, 2.05) is 42.3 Å². The van der Waals surface area contributed by atoms with Crippen molar-refractivity contribution in [2.75, 3.05) is 13.6 Å². The molecule has 3 heteroatoms. The maximum atomic E-state index is 12.8. The van der Waals surface area contributed by atoms with Gasteiger partial charge in [0, 0.05) is 25.2 Å². The number of benzene rings is 1. The van der Waals surface area contributed by atoms with Crippen LogP contribution in [0.4, 0.5) is 0 Å². The summed E-state index contributed by atoms with van der Waals surface area (Å²) in [5.74, 6) is 1.04. The number of piperidine rings is 1. The average Bonchev–Trinajstić information content (AvgIpc) is 2.68. The molecule has 1 aliphatic carbocycles. The minimum atomic E-state index is 0.134. The van der Waals surface area contributed by atoms with Gasteiger partial charge >= 0.3 is 0 Å². The first kappa shape index (κ1) is 18.4. The molecule has 1 saturated heterocycles. The second kappa shape index (κ2) is 8.84. The molecule has 0 radical (unpaired) electrons. The van der Waals surface area contributed by atoms with Crippen molar-refractivity contribution in [1.82, 2.24) is 9.80 Å². The predicted octanol–water partition coefficient (Wildman–Crippen LogP) is 4.93. The zero-order valence-electron chi connectivity index (χ0n) is 16.0. The van der Waals surface area contributed by atoms with Crippen LogP contribution in [-0.4, -0.2) is 41.5 Å². The predicted molar refractivity (Wildman–Crippen MR) is 104 cm³/mol. The van der Waals surface area contributed by atoms with Gasteiger partial charge in [-0.1, -0.05) is 56.7 Å². The fourth-order valence-electron chi connectivity index (χ4n) is 4.75. The lowest BCUT2D eigenvalue weighted by molar-refractivity contribution is 0.00822. The summed E-state index contributed by atoms with van der Waals surface area (Å²) in [4.78, 5) is 17.4. The molecule has 3 rings (SSSR count). The van der Waals surface area contributed by atoms with E-state index in [9.17, 15) is 4.79 Å². The van der Waals surface area contributed by atoms with Gasteiger partial charge in [0.2, 0.25) is 0 Å². The summed E-state index contributed by atoms with van der Waals surface area (Å²) in [6.07, 6.45) is 12.5. The minimum absolute atomic E-state index is 0.134. The van der Waals surface area contributed by atoms with Crippen molar-refractivity contribution in [1.29, 1.82) is 0 Å². The lowest BCUT2D eigenvalue weighted by atomic mass is 9.82. The van der Waals surface area contributed by atoms with Crippen molar-refractivity contribution in [3.05, 3.63) is 35.9 Å². The summed E-state index contributed by atoms with van der Waals surface area (Å²) in [7, 11) is 1.96. The van der Waals surface area contributed by atoms with E-state index >= 15 is 0 Å². The van der Waals surface area contributed by atoms with Crippen LogP contribution in [0.5, 0.6) is 0 Å². The first-order valence-corrected chi connectivity index (χ1v) is 10.2. The van der Waals surface area contributed by atoms with Crippen LogP contribution in [0.25, 0.3) is 0 Å². The molecular weight excluding hydrogens is 308 g/mol. The molecule has 2 fully saturated rings. The van der Waals surface area contributed by atoms with Crippen LogP contribution < -0.4 is 0 Å². The van der Waals surface area contributed by atoms with Crippen molar-refractivity contribution in [2.24, 2.45) is 5.92 Å². The molecular formula is C22H34N2O. The SMILES string of the molecule is CC(N(C)C(=O)c1ccccc1)N1CCCCC1CC1CCCCC1. The summed E-state index contributed by atoms with van der Waals surface area (Å²) in [6.45, 7) is 3.34. The monoisotopic (exact) mass is 342 g/mol. The van der Waals surface area contributed by atoms with E-state index in [0.717, 1.165) is 18.0 Å². The van der Waals surface area contributed by atoms with Crippen molar-refractivity contribution in [3.63, 3.8) is 0 Å². The van der Waals surface area contributed by atoms with Crippen molar-refractivity contribution in [3.8, 4) is 0 Å². The summed E-state index contributed by atoms with van der Waals surface area (Å²) in [5, 5.41) is 0. The summed E-state index contributed by atoms with van der Waals surface area (Å²) < 4.78 is 0. The van der Waals surface area contributed by atoms with Gasteiger partial charge in [-0.3, -0.25) is 9.69 Å². The van der Waals surface area contributed by atoms with Crippen molar-refractivity contribution in [2.45, 2.75) is 76.9 Å². The zero-order chi connectivity index (χ0) is 17.6. The molecule has 1 saturated carbocycles. The maximum absolute atomic E-state index is 12.8. The Balaban J connectivity index is 1.65. The van der Waals surface area contributed by atoms with E-state index in [4.69, 9.17) is 0 Å². The molecule has 1 aromatic carbocycles. The van der Waals surface area contributed by atoms with Crippen molar-refractivity contribution >= 4 is 5.91 Å². The average molecular weight is 343 g/mol. The third-order valence-electron chi connectivity index (χ3n) is 6.38. The smallest absolute Gasteiger partial charge is 0.254 e. The molecule has 1 heterocycles. The Morgan fingerprint density at radius 3 is 2.48 bits per heavy atom. The van der Waals surface area contributed by atoms with Crippen LogP contribution in [0, 0.1) is 5.92 Å². The number of rotatable bonds is 5. The summed E-state index contributed by atoms with van der Waals surface area (Å²) in [6, 6.07) is 10.3.